The maximum atomic E-state index is 14.0. The third-order valence-corrected chi connectivity index (χ3v) is 8.15. The summed E-state index contributed by atoms with van der Waals surface area (Å²) in [5, 5.41) is 60.6. The van der Waals surface area contributed by atoms with Crippen molar-refractivity contribution in [3.8, 4) is 45.8 Å². The second-order valence-electron chi connectivity index (χ2n) is 11.9. The number of esters is 2. The van der Waals surface area contributed by atoms with Gasteiger partial charge in [-0.2, -0.15) is 0 Å². The number of aliphatic hydroxyl groups excluding tert-OH is 1. The molecule has 1 fully saturated rings. The topological polar surface area (TPSA) is 223 Å². The summed E-state index contributed by atoms with van der Waals surface area (Å²) in [6.45, 7) is 1.43. The fraction of sp³-hybridized carbons (Fsp3) is 0.154. The largest absolute Gasteiger partial charge is 0.508 e. The van der Waals surface area contributed by atoms with Crippen LogP contribution in [0, 0.1) is 0 Å². The molecule has 1 aliphatic rings. The first-order valence-electron chi connectivity index (χ1n) is 16.0. The van der Waals surface area contributed by atoms with Gasteiger partial charge in [0.25, 0.3) is 0 Å². The second-order valence-corrected chi connectivity index (χ2v) is 11.9. The number of carbonyl (C=O) groups excluding carboxylic acids is 2. The van der Waals surface area contributed by atoms with Gasteiger partial charge in [-0.15, -0.1) is 0 Å². The molecule has 6 rings (SSSR count). The van der Waals surface area contributed by atoms with Crippen LogP contribution < -0.4 is 10.2 Å². The van der Waals surface area contributed by atoms with Gasteiger partial charge in [-0.05, 0) is 78.7 Å². The van der Waals surface area contributed by atoms with Gasteiger partial charge in [-0.1, -0.05) is 24.3 Å². The molecular weight excluding hydrogens is 692 g/mol. The predicted octanol–water partition coefficient (Wildman–Crippen LogP) is 4.72. The van der Waals surface area contributed by atoms with E-state index in [-0.39, 0.29) is 39.5 Å². The van der Waals surface area contributed by atoms with Gasteiger partial charge in [0.2, 0.25) is 23.6 Å². The number of fused-ring (bicyclic) bond motifs is 1. The van der Waals surface area contributed by atoms with Crippen LogP contribution in [0.1, 0.15) is 18.1 Å². The van der Waals surface area contributed by atoms with Crippen molar-refractivity contribution in [2.45, 2.75) is 37.6 Å². The van der Waals surface area contributed by atoms with Crippen molar-refractivity contribution in [2.75, 3.05) is 0 Å². The lowest BCUT2D eigenvalue weighted by molar-refractivity contribution is -0.276. The first-order chi connectivity index (χ1) is 25.4. The standard InChI is InChI=1S/C39H32O14/c1-20-33(47)36(51-30(45)16-6-21-2-10-24(40)11-3-21)38(52-31(46)17-7-22-4-12-25(41)13-5-22)39(49-20)53-37-34(48)32-28(44)18-27(43)19-29(32)50-35(37)23-8-14-26(42)15-9-23/h2-20,33,36,38-44,47H,1H3/b16-6+,17-7-/t20-,33-,36+,38+,39-/m0/s1. The molecule has 4 aromatic carbocycles. The van der Waals surface area contributed by atoms with Crippen molar-refractivity contribution < 1.29 is 63.6 Å². The van der Waals surface area contributed by atoms with E-state index in [4.69, 9.17) is 23.4 Å². The first kappa shape index (κ1) is 36.0. The normalized spacial score (nSPS) is 20.1. The summed E-state index contributed by atoms with van der Waals surface area (Å²) in [7, 11) is 0. The molecule has 0 amide bonds. The third kappa shape index (κ3) is 8.25. The molecule has 0 radical (unpaired) electrons. The minimum absolute atomic E-state index is 0.00579. The monoisotopic (exact) mass is 724 g/mol. The van der Waals surface area contributed by atoms with Crippen LogP contribution in [0.3, 0.4) is 0 Å². The van der Waals surface area contributed by atoms with Crippen LogP contribution in [-0.2, 0) is 23.8 Å². The molecule has 2 heterocycles. The van der Waals surface area contributed by atoms with Crippen LogP contribution in [-0.4, -0.2) is 73.3 Å². The van der Waals surface area contributed by atoms with Crippen molar-refractivity contribution in [2.24, 2.45) is 0 Å². The first-order valence-corrected chi connectivity index (χ1v) is 16.0. The van der Waals surface area contributed by atoms with Gasteiger partial charge >= 0.3 is 11.9 Å². The van der Waals surface area contributed by atoms with Gasteiger partial charge in [-0.25, -0.2) is 9.59 Å². The number of carbonyl (C=O) groups is 2. The number of phenols is 5. The summed E-state index contributed by atoms with van der Waals surface area (Å²) in [5.74, 6) is -3.89. The van der Waals surface area contributed by atoms with E-state index in [9.17, 15) is 45.0 Å². The third-order valence-electron chi connectivity index (χ3n) is 8.15. The zero-order chi connectivity index (χ0) is 37.8. The van der Waals surface area contributed by atoms with Gasteiger partial charge in [0.15, 0.2) is 11.9 Å². The second kappa shape index (κ2) is 15.2. The lowest BCUT2D eigenvalue weighted by Gasteiger charge is -2.41. The summed E-state index contributed by atoms with van der Waals surface area (Å²) in [6.07, 6.45) is -3.00. The maximum Gasteiger partial charge on any atom is 0.331 e. The SMILES string of the molecule is C[C@@H]1O[C@@H](Oc2c(-c3ccc(O)cc3)oc3cc(O)cc(O)c3c2=O)[C@H](OC(=O)/C=C\c2ccc(O)cc2)[C@H](OC(=O)/C=C/c2ccc(O)cc2)[C@H]1O. The maximum absolute atomic E-state index is 14.0. The highest BCUT2D eigenvalue weighted by Gasteiger charge is 2.50. The van der Waals surface area contributed by atoms with E-state index < -0.39 is 65.3 Å². The van der Waals surface area contributed by atoms with E-state index in [1.165, 1.54) is 79.7 Å². The van der Waals surface area contributed by atoms with Crippen molar-refractivity contribution in [3.05, 3.63) is 118 Å². The average Bonchev–Trinajstić information content (AvgIpc) is 3.12. The molecule has 1 aromatic heterocycles. The highest BCUT2D eigenvalue weighted by atomic mass is 16.7. The van der Waals surface area contributed by atoms with E-state index in [1.807, 2.05) is 0 Å². The van der Waals surface area contributed by atoms with Crippen molar-refractivity contribution in [1.29, 1.82) is 0 Å². The van der Waals surface area contributed by atoms with Crippen LogP contribution in [0.4, 0.5) is 0 Å². The number of ether oxygens (including phenoxy) is 4. The molecule has 0 aliphatic carbocycles. The summed E-state index contributed by atoms with van der Waals surface area (Å²) in [4.78, 5) is 40.4. The highest BCUT2D eigenvalue weighted by molar-refractivity contribution is 5.89. The Morgan fingerprint density at radius 2 is 1.21 bits per heavy atom. The number of hydrogen-bond acceptors (Lipinski definition) is 14. The molecule has 53 heavy (non-hydrogen) atoms. The minimum atomic E-state index is -1.76. The Balaban J connectivity index is 1.40. The summed E-state index contributed by atoms with van der Waals surface area (Å²) >= 11 is 0. The van der Waals surface area contributed by atoms with Crippen molar-refractivity contribution in [1.82, 2.24) is 0 Å². The van der Waals surface area contributed by atoms with Gasteiger partial charge in [0.1, 0.15) is 45.8 Å². The molecule has 272 valence electrons. The van der Waals surface area contributed by atoms with E-state index >= 15 is 0 Å². The number of aromatic hydroxyl groups is 5. The van der Waals surface area contributed by atoms with Crippen LogP contribution in [0.25, 0.3) is 34.4 Å². The van der Waals surface area contributed by atoms with Gasteiger partial charge in [0.05, 0.1) is 6.10 Å². The minimum Gasteiger partial charge on any atom is -0.508 e. The van der Waals surface area contributed by atoms with Crippen LogP contribution >= 0.6 is 0 Å². The number of phenolic OH excluding ortho intramolecular Hbond substituents is 5. The van der Waals surface area contributed by atoms with E-state index in [0.717, 1.165) is 24.3 Å². The Morgan fingerprint density at radius 1 is 0.698 bits per heavy atom. The molecule has 0 saturated carbocycles. The zero-order valence-corrected chi connectivity index (χ0v) is 27.7. The molecule has 1 aliphatic heterocycles. The Kier molecular flexibility index (Phi) is 10.4. The molecule has 5 atom stereocenters. The van der Waals surface area contributed by atoms with Crippen molar-refractivity contribution >= 4 is 35.1 Å². The molecule has 14 nitrogen and oxygen atoms in total. The lowest BCUT2D eigenvalue weighted by atomic mass is 9.99. The Hall–Kier alpha value is -6.77. The molecule has 0 spiro atoms. The van der Waals surface area contributed by atoms with E-state index in [0.29, 0.717) is 11.1 Å². The molecule has 6 N–H and O–H groups in total. The number of rotatable bonds is 9. The average molecular weight is 725 g/mol. The Bertz CT molecular complexity index is 2240. The van der Waals surface area contributed by atoms with Gasteiger partial charge in [-0.3, -0.25) is 4.79 Å². The summed E-state index contributed by atoms with van der Waals surface area (Å²) < 4.78 is 29.3. The van der Waals surface area contributed by atoms with Gasteiger partial charge < -0.3 is 54.0 Å². The molecular formula is C39H32O14. The fourth-order valence-electron chi connectivity index (χ4n) is 5.48. The van der Waals surface area contributed by atoms with Crippen LogP contribution in [0.15, 0.2) is 106 Å². The van der Waals surface area contributed by atoms with E-state index in [1.54, 1.807) is 12.1 Å². The lowest BCUT2D eigenvalue weighted by Crippen LogP contribution is -2.61. The van der Waals surface area contributed by atoms with Crippen LogP contribution in [0.5, 0.6) is 34.5 Å². The molecule has 0 unspecified atom stereocenters. The smallest absolute Gasteiger partial charge is 0.331 e. The quantitative estimate of drug-likeness (QED) is 0.0894. The van der Waals surface area contributed by atoms with Crippen molar-refractivity contribution in [3.63, 3.8) is 0 Å². The zero-order valence-electron chi connectivity index (χ0n) is 27.7. The number of hydrogen-bond donors (Lipinski definition) is 6. The summed E-state index contributed by atoms with van der Waals surface area (Å²) in [6, 6.07) is 19.2. The molecule has 14 heteroatoms. The van der Waals surface area contributed by atoms with Gasteiger partial charge in [0, 0.05) is 29.8 Å². The Labute approximate surface area is 300 Å². The fourth-order valence-corrected chi connectivity index (χ4v) is 5.48. The molecule has 5 aromatic rings. The Morgan fingerprint density at radius 3 is 1.75 bits per heavy atom. The molecule has 0 bridgehead atoms. The molecule has 1 saturated heterocycles. The number of benzene rings is 4. The number of aliphatic hydroxyl groups is 1. The predicted molar refractivity (Wildman–Crippen MR) is 188 cm³/mol. The van der Waals surface area contributed by atoms with E-state index in [2.05, 4.69) is 0 Å². The highest BCUT2D eigenvalue weighted by Crippen LogP contribution is 2.38. The van der Waals surface area contributed by atoms with Crippen LogP contribution in [0.2, 0.25) is 0 Å². The summed E-state index contributed by atoms with van der Waals surface area (Å²) in [5.41, 5.74) is 0.103.